The number of methoxy groups -OCH3 is 2. The summed E-state index contributed by atoms with van der Waals surface area (Å²) < 4.78 is 28.7. The van der Waals surface area contributed by atoms with Crippen LogP contribution in [0.5, 0.6) is 28.7 Å². The van der Waals surface area contributed by atoms with Gasteiger partial charge in [-0.3, -0.25) is 4.79 Å². The molecule has 1 fully saturated rings. The van der Waals surface area contributed by atoms with Gasteiger partial charge in [0.25, 0.3) is 0 Å². The number of thioether (sulfide) groups is 1. The number of cyclic esters (lactones) is 1. The van der Waals surface area contributed by atoms with Crippen molar-refractivity contribution in [1.82, 2.24) is 10.2 Å². The molecule has 0 radical (unpaired) electrons. The first-order valence-corrected chi connectivity index (χ1v) is 12.7. The van der Waals surface area contributed by atoms with Crippen LogP contribution < -0.4 is 18.9 Å². The van der Waals surface area contributed by atoms with E-state index in [-0.39, 0.29) is 47.1 Å². The highest BCUT2D eigenvalue weighted by Crippen LogP contribution is 2.60. The molecule has 0 spiro atoms. The summed E-state index contributed by atoms with van der Waals surface area (Å²) in [5.74, 6) is 0.567. The van der Waals surface area contributed by atoms with E-state index in [9.17, 15) is 9.90 Å². The summed E-state index contributed by atoms with van der Waals surface area (Å²) >= 11 is 3.12. The molecule has 9 nitrogen and oxygen atoms in total. The van der Waals surface area contributed by atoms with Crippen LogP contribution in [0.1, 0.15) is 32.9 Å². The van der Waals surface area contributed by atoms with E-state index in [1.807, 2.05) is 19.1 Å². The van der Waals surface area contributed by atoms with Crippen LogP contribution in [0.25, 0.3) is 0 Å². The van der Waals surface area contributed by atoms with Gasteiger partial charge in [-0.25, -0.2) is 0 Å². The number of aromatic nitrogens is 2. The number of carbonyl (C=O) groups excluding carboxylic acids is 1. The quantitative estimate of drug-likeness (QED) is 0.501. The topological polar surface area (TPSA) is 109 Å². The largest absolute Gasteiger partial charge is 0.502 e. The fourth-order valence-corrected chi connectivity index (χ4v) is 7.53. The van der Waals surface area contributed by atoms with Gasteiger partial charge in [0.2, 0.25) is 12.5 Å². The van der Waals surface area contributed by atoms with E-state index < -0.39 is 5.92 Å². The van der Waals surface area contributed by atoms with Crippen LogP contribution in [0.2, 0.25) is 0 Å². The van der Waals surface area contributed by atoms with Gasteiger partial charge in [0.05, 0.1) is 26.7 Å². The number of nitrogens with zero attached hydrogens (tertiary/aromatic N) is 2. The van der Waals surface area contributed by atoms with Crippen molar-refractivity contribution in [3.05, 3.63) is 46.0 Å². The molecule has 3 heterocycles. The second kappa shape index (κ2) is 8.49. The lowest BCUT2D eigenvalue weighted by Crippen LogP contribution is -2.33. The van der Waals surface area contributed by atoms with E-state index in [1.165, 1.54) is 25.6 Å². The number of rotatable bonds is 5. The fourth-order valence-electron chi connectivity index (χ4n) is 5.19. The second-order valence-corrected chi connectivity index (χ2v) is 11.1. The fraction of sp³-hybridized carbons (Fsp3) is 0.375. The summed E-state index contributed by atoms with van der Waals surface area (Å²) in [5.41, 5.74) is 2.74. The van der Waals surface area contributed by atoms with Crippen molar-refractivity contribution in [1.29, 1.82) is 0 Å². The Kier molecular flexibility index (Phi) is 5.41. The molecule has 4 atom stereocenters. The molecule has 2 aliphatic heterocycles. The van der Waals surface area contributed by atoms with Gasteiger partial charge in [0.1, 0.15) is 5.01 Å². The van der Waals surface area contributed by atoms with Crippen LogP contribution in [0.3, 0.4) is 0 Å². The van der Waals surface area contributed by atoms with Crippen molar-refractivity contribution >= 4 is 29.1 Å². The molecule has 1 N–H and O–H groups in total. The molecule has 6 rings (SSSR count). The van der Waals surface area contributed by atoms with E-state index in [0.29, 0.717) is 18.1 Å². The Morgan fingerprint density at radius 2 is 1.71 bits per heavy atom. The number of hydrogen-bond acceptors (Lipinski definition) is 11. The smallest absolute Gasteiger partial charge is 0.310 e. The summed E-state index contributed by atoms with van der Waals surface area (Å²) in [6.07, 6.45) is 0. The van der Waals surface area contributed by atoms with Crippen molar-refractivity contribution < 1.29 is 33.6 Å². The Morgan fingerprint density at radius 3 is 2.34 bits per heavy atom. The van der Waals surface area contributed by atoms with E-state index in [0.717, 1.165) is 26.0 Å². The third-order valence-electron chi connectivity index (χ3n) is 6.72. The van der Waals surface area contributed by atoms with E-state index >= 15 is 0 Å². The molecule has 0 saturated carbocycles. The zero-order chi connectivity index (χ0) is 24.3. The Balaban J connectivity index is 1.56. The minimum absolute atomic E-state index is 0.0916. The summed E-state index contributed by atoms with van der Waals surface area (Å²) in [6, 6.07) is 7.46. The van der Waals surface area contributed by atoms with Gasteiger partial charge in [-0.2, -0.15) is 0 Å². The van der Waals surface area contributed by atoms with Crippen molar-refractivity contribution in [2.45, 2.75) is 22.4 Å². The molecule has 0 unspecified atom stereocenters. The minimum atomic E-state index is -0.451. The van der Waals surface area contributed by atoms with Crippen molar-refractivity contribution in [3.63, 3.8) is 0 Å². The predicted octanol–water partition coefficient (Wildman–Crippen LogP) is 4.07. The zero-order valence-electron chi connectivity index (χ0n) is 19.1. The lowest BCUT2D eigenvalue weighted by Gasteiger charge is -2.38. The van der Waals surface area contributed by atoms with E-state index in [2.05, 4.69) is 10.2 Å². The van der Waals surface area contributed by atoms with Gasteiger partial charge in [0, 0.05) is 17.1 Å². The van der Waals surface area contributed by atoms with Gasteiger partial charge in [-0.15, -0.1) is 10.2 Å². The number of aryl methyl sites for hydroxylation is 1. The van der Waals surface area contributed by atoms with Gasteiger partial charge in [-0.1, -0.05) is 23.1 Å². The summed E-state index contributed by atoms with van der Waals surface area (Å²) in [5, 5.41) is 19.7. The maximum atomic E-state index is 13.2. The number of phenols is 1. The summed E-state index contributed by atoms with van der Waals surface area (Å²) in [7, 11) is 2.96. The van der Waals surface area contributed by atoms with Crippen molar-refractivity contribution in [2.75, 3.05) is 27.6 Å². The first-order chi connectivity index (χ1) is 17.0. The number of fused-ring (bicyclic) bond motifs is 3. The highest BCUT2D eigenvalue weighted by atomic mass is 32.2. The van der Waals surface area contributed by atoms with Crippen LogP contribution in [-0.4, -0.2) is 48.9 Å². The van der Waals surface area contributed by atoms with Crippen LogP contribution in [0, 0.1) is 18.8 Å². The average Bonchev–Trinajstić information content (AvgIpc) is 3.58. The highest BCUT2D eigenvalue weighted by Gasteiger charge is 2.53. The van der Waals surface area contributed by atoms with E-state index in [1.54, 1.807) is 23.9 Å². The van der Waals surface area contributed by atoms with Crippen molar-refractivity contribution in [3.8, 4) is 28.7 Å². The lowest BCUT2D eigenvalue weighted by molar-refractivity contribution is -0.141. The molecule has 11 heteroatoms. The number of phenolic OH excluding ortho intramolecular Hbond substituents is 1. The van der Waals surface area contributed by atoms with Crippen LogP contribution in [0.4, 0.5) is 0 Å². The standard InChI is InChI=1S/C24H22N2O7S2/c1-10-25-26-24(34-10)35-22-13-7-16-15(32-9-33-16)6-12(13)19(20-14(22)8-31-23(20)28)11-4-17(29-2)21(27)18(5-11)30-3/h4-7,14,19-20,22,27H,8-9H2,1-3H3/t14-,19+,20-,22+/m0/s1. The maximum absolute atomic E-state index is 13.2. The first kappa shape index (κ1) is 22.3. The second-order valence-electron chi connectivity index (χ2n) is 8.53. The third kappa shape index (κ3) is 3.56. The molecule has 3 aromatic rings. The van der Waals surface area contributed by atoms with Crippen LogP contribution >= 0.6 is 23.1 Å². The molecule has 182 valence electrons. The van der Waals surface area contributed by atoms with Gasteiger partial charge in [0.15, 0.2) is 27.3 Å². The Morgan fingerprint density at radius 1 is 1.03 bits per heavy atom. The molecule has 3 aliphatic rings. The number of ether oxygens (including phenoxy) is 5. The van der Waals surface area contributed by atoms with Crippen LogP contribution in [0.15, 0.2) is 28.6 Å². The predicted molar refractivity (Wildman–Crippen MR) is 127 cm³/mol. The number of hydrogen-bond donors (Lipinski definition) is 1. The maximum Gasteiger partial charge on any atom is 0.310 e. The molecule has 0 bridgehead atoms. The molecule has 35 heavy (non-hydrogen) atoms. The van der Waals surface area contributed by atoms with Crippen molar-refractivity contribution in [2.24, 2.45) is 11.8 Å². The molecular weight excluding hydrogens is 492 g/mol. The minimum Gasteiger partial charge on any atom is -0.502 e. The Bertz CT molecular complexity index is 1300. The van der Waals surface area contributed by atoms with E-state index in [4.69, 9.17) is 23.7 Å². The molecule has 2 aromatic carbocycles. The number of benzene rings is 2. The number of carbonyl (C=O) groups is 1. The third-order valence-corrected chi connectivity index (χ3v) is 9.03. The normalized spacial score (nSPS) is 24.0. The lowest BCUT2D eigenvalue weighted by atomic mass is 9.67. The molecule has 1 aromatic heterocycles. The molecule has 1 saturated heterocycles. The monoisotopic (exact) mass is 514 g/mol. The van der Waals surface area contributed by atoms with Gasteiger partial charge >= 0.3 is 5.97 Å². The van der Waals surface area contributed by atoms with Gasteiger partial charge < -0.3 is 28.8 Å². The Labute approximate surface area is 209 Å². The summed E-state index contributed by atoms with van der Waals surface area (Å²) in [4.78, 5) is 13.2. The zero-order valence-corrected chi connectivity index (χ0v) is 20.8. The SMILES string of the molecule is COc1cc([C@@H]2c3cc4c(cc3[C@@H](Sc3nnc(C)s3)[C@H]3COC(=O)[C@H]23)OCO4)cc(OC)c1O. The molecule has 1 aliphatic carbocycles. The highest BCUT2D eigenvalue weighted by molar-refractivity contribution is 8.01. The van der Waals surface area contributed by atoms with Gasteiger partial charge in [-0.05, 0) is 47.9 Å². The first-order valence-electron chi connectivity index (χ1n) is 11.0. The van der Waals surface area contributed by atoms with Crippen LogP contribution in [-0.2, 0) is 9.53 Å². The average molecular weight is 515 g/mol. The summed E-state index contributed by atoms with van der Waals surface area (Å²) in [6.45, 7) is 2.36. The molecule has 0 amide bonds. The number of aromatic hydroxyl groups is 1. The molecular formula is C24H22N2O7S2. The Hall–Kier alpha value is -3.18. The number of esters is 1.